The molecule has 1 unspecified atom stereocenters. The molecule has 0 spiro atoms. The topological polar surface area (TPSA) is 62.3 Å². The molecule has 0 saturated carbocycles. The number of aromatic amines is 1. The minimum Gasteiger partial charge on any atom is -0.497 e. The molecule has 2 heterocycles. The highest BCUT2D eigenvalue weighted by Crippen LogP contribution is 2.35. The summed E-state index contributed by atoms with van der Waals surface area (Å²) < 4.78 is 17.9. The molecule has 0 aliphatic carbocycles. The molecule has 32 heavy (non-hydrogen) atoms. The molecule has 0 bridgehead atoms. The van der Waals surface area contributed by atoms with Gasteiger partial charge in [0.1, 0.15) is 11.5 Å². The number of hydrazine groups is 1. The number of rotatable bonds is 7. The van der Waals surface area contributed by atoms with E-state index in [-0.39, 0.29) is 0 Å². The largest absolute Gasteiger partial charge is 0.497 e. The molecule has 0 fully saturated rings. The van der Waals surface area contributed by atoms with Crippen molar-refractivity contribution in [3.8, 4) is 11.5 Å². The van der Waals surface area contributed by atoms with Crippen LogP contribution >= 0.6 is 0 Å². The summed E-state index contributed by atoms with van der Waals surface area (Å²) in [5.41, 5.74) is 5.33. The number of methoxy groups -OCH3 is 1. The first-order valence-corrected chi connectivity index (χ1v) is 11.2. The van der Waals surface area contributed by atoms with Crippen LogP contribution in [0.25, 0.3) is 10.9 Å². The lowest BCUT2D eigenvalue weighted by Crippen LogP contribution is -2.52. The van der Waals surface area contributed by atoms with Crippen LogP contribution in [0, 0.1) is 13.8 Å². The zero-order valence-corrected chi connectivity index (χ0v) is 19.7. The molecule has 7 heteroatoms. The molecule has 170 valence electrons. The van der Waals surface area contributed by atoms with Crippen molar-refractivity contribution >= 4 is 22.5 Å². The van der Waals surface area contributed by atoms with Crippen LogP contribution in [0.4, 0.5) is 5.69 Å². The Balaban J connectivity index is 1.80. The van der Waals surface area contributed by atoms with Crippen molar-refractivity contribution in [2.24, 2.45) is 4.99 Å². The Kier molecular flexibility index (Phi) is 6.39. The van der Waals surface area contributed by atoms with Gasteiger partial charge in [-0.1, -0.05) is 13.8 Å². The predicted octanol–water partition coefficient (Wildman–Crippen LogP) is 5.02. The molecule has 1 atom stereocenters. The number of H-pyrrole nitrogens is 1. The molecule has 7 nitrogen and oxygen atoms in total. The van der Waals surface area contributed by atoms with Crippen molar-refractivity contribution in [3.63, 3.8) is 0 Å². The SMILES string of the molecule is CCOC1N=C(Oc2ccc3[nH]c(C)c(C)c3c2)c2cc(OC)ccc2N1N(CC)CC. The first-order valence-electron chi connectivity index (χ1n) is 11.2. The van der Waals surface area contributed by atoms with E-state index >= 15 is 0 Å². The molecule has 3 aromatic rings. The normalized spacial score (nSPS) is 15.8. The summed E-state index contributed by atoms with van der Waals surface area (Å²) in [5, 5.41) is 5.46. The minimum atomic E-state index is -0.504. The van der Waals surface area contributed by atoms with Crippen molar-refractivity contribution < 1.29 is 14.2 Å². The van der Waals surface area contributed by atoms with Crippen LogP contribution in [-0.2, 0) is 4.74 Å². The van der Waals surface area contributed by atoms with Gasteiger partial charge in [0.25, 0.3) is 0 Å². The number of ether oxygens (including phenoxy) is 3. The molecule has 1 N–H and O–H groups in total. The quantitative estimate of drug-likeness (QED) is 0.564. The van der Waals surface area contributed by atoms with Gasteiger partial charge < -0.3 is 19.2 Å². The molecule has 1 aliphatic rings. The highest BCUT2D eigenvalue weighted by Gasteiger charge is 2.33. The maximum absolute atomic E-state index is 6.38. The zero-order chi connectivity index (χ0) is 22.8. The Morgan fingerprint density at radius 1 is 1.03 bits per heavy atom. The van der Waals surface area contributed by atoms with Crippen LogP contribution in [0.15, 0.2) is 41.4 Å². The number of nitrogens with zero attached hydrogens (tertiary/aromatic N) is 3. The second kappa shape index (κ2) is 9.22. The number of fused-ring (bicyclic) bond motifs is 2. The number of anilines is 1. The smallest absolute Gasteiger partial charge is 0.245 e. The average Bonchev–Trinajstić information content (AvgIpc) is 3.09. The zero-order valence-electron chi connectivity index (χ0n) is 19.7. The van der Waals surface area contributed by atoms with Gasteiger partial charge in [0.05, 0.1) is 18.4 Å². The fraction of sp³-hybridized carbons (Fsp3) is 0.400. The van der Waals surface area contributed by atoms with Crippen LogP contribution in [0.3, 0.4) is 0 Å². The Hall–Kier alpha value is -3.03. The standard InChI is InChI=1S/C25H32N4O3/c1-7-28(8-2)29-23-13-11-18(30-6)14-21(23)24(27-25(29)31-9-3)32-19-10-12-22-20(15-19)16(4)17(5)26-22/h10-15,25-26H,7-9H2,1-6H3. The molecule has 1 aliphatic heterocycles. The number of hydrogen-bond acceptors (Lipinski definition) is 6. The van der Waals surface area contributed by atoms with Crippen molar-refractivity contribution in [1.82, 2.24) is 9.99 Å². The van der Waals surface area contributed by atoms with E-state index < -0.39 is 6.35 Å². The van der Waals surface area contributed by atoms with Gasteiger partial charge in [0, 0.05) is 36.3 Å². The Labute approximate surface area is 189 Å². The van der Waals surface area contributed by atoms with Crippen LogP contribution < -0.4 is 14.5 Å². The second-order valence-electron chi connectivity index (χ2n) is 7.77. The van der Waals surface area contributed by atoms with Gasteiger partial charge in [0.15, 0.2) is 0 Å². The van der Waals surface area contributed by atoms with Gasteiger partial charge in [-0.2, -0.15) is 4.99 Å². The molecule has 0 saturated heterocycles. The third-order valence-electron chi connectivity index (χ3n) is 5.96. The van der Waals surface area contributed by atoms with Crippen LogP contribution in [0.5, 0.6) is 11.5 Å². The summed E-state index contributed by atoms with van der Waals surface area (Å²) in [4.78, 5) is 8.29. The van der Waals surface area contributed by atoms with Gasteiger partial charge in [-0.05, 0) is 62.7 Å². The first kappa shape index (κ1) is 22.2. The van der Waals surface area contributed by atoms with Gasteiger partial charge >= 0.3 is 0 Å². The van der Waals surface area contributed by atoms with E-state index in [1.807, 2.05) is 37.3 Å². The van der Waals surface area contributed by atoms with Gasteiger partial charge in [0.2, 0.25) is 12.2 Å². The lowest BCUT2D eigenvalue weighted by molar-refractivity contribution is 0.0235. The van der Waals surface area contributed by atoms with E-state index in [0.717, 1.165) is 52.4 Å². The lowest BCUT2D eigenvalue weighted by atomic mass is 10.1. The molecule has 0 amide bonds. The second-order valence-corrected chi connectivity index (χ2v) is 7.77. The lowest BCUT2D eigenvalue weighted by Gasteiger charge is -2.42. The molecule has 0 radical (unpaired) electrons. The fourth-order valence-electron chi connectivity index (χ4n) is 4.13. The summed E-state index contributed by atoms with van der Waals surface area (Å²) >= 11 is 0. The number of benzene rings is 2. The van der Waals surface area contributed by atoms with Crippen LogP contribution in [-0.4, -0.2) is 49.0 Å². The van der Waals surface area contributed by atoms with E-state index in [1.54, 1.807) is 7.11 Å². The number of aromatic nitrogens is 1. The van der Waals surface area contributed by atoms with Gasteiger partial charge in [-0.25, -0.2) is 5.01 Å². The maximum atomic E-state index is 6.38. The first-order chi connectivity index (χ1) is 15.5. The Bertz CT molecular complexity index is 1130. The van der Waals surface area contributed by atoms with Gasteiger partial charge in [-0.15, -0.1) is 0 Å². The maximum Gasteiger partial charge on any atom is 0.245 e. The van der Waals surface area contributed by atoms with E-state index in [0.29, 0.717) is 12.5 Å². The molecule has 2 aromatic carbocycles. The third-order valence-corrected chi connectivity index (χ3v) is 5.96. The van der Waals surface area contributed by atoms with Crippen molar-refractivity contribution in [2.75, 3.05) is 31.8 Å². The van der Waals surface area contributed by atoms with Crippen LogP contribution in [0.1, 0.15) is 37.6 Å². The molecule has 1 aromatic heterocycles. The van der Waals surface area contributed by atoms with Crippen molar-refractivity contribution in [1.29, 1.82) is 0 Å². The number of aryl methyl sites for hydroxylation is 2. The molecular weight excluding hydrogens is 404 g/mol. The highest BCUT2D eigenvalue weighted by atomic mass is 16.5. The number of nitrogens with one attached hydrogen (secondary N) is 1. The van der Waals surface area contributed by atoms with Gasteiger partial charge in [-0.3, -0.25) is 5.01 Å². The highest BCUT2D eigenvalue weighted by molar-refractivity contribution is 6.03. The summed E-state index contributed by atoms with van der Waals surface area (Å²) in [6.07, 6.45) is -0.504. The van der Waals surface area contributed by atoms with E-state index in [1.165, 1.54) is 5.56 Å². The van der Waals surface area contributed by atoms with E-state index in [9.17, 15) is 0 Å². The summed E-state index contributed by atoms with van der Waals surface area (Å²) in [6, 6.07) is 12.0. The molecular formula is C25H32N4O3. The third kappa shape index (κ3) is 3.94. The summed E-state index contributed by atoms with van der Waals surface area (Å²) in [5.74, 6) is 2.01. The summed E-state index contributed by atoms with van der Waals surface area (Å²) in [6.45, 7) is 12.6. The Morgan fingerprint density at radius 2 is 1.78 bits per heavy atom. The number of hydrogen-bond donors (Lipinski definition) is 1. The number of aliphatic imine (C=N–C) groups is 1. The average molecular weight is 437 g/mol. The van der Waals surface area contributed by atoms with Crippen molar-refractivity contribution in [3.05, 3.63) is 53.2 Å². The fourth-order valence-corrected chi connectivity index (χ4v) is 4.13. The Morgan fingerprint density at radius 3 is 2.47 bits per heavy atom. The van der Waals surface area contributed by atoms with E-state index in [2.05, 4.69) is 48.8 Å². The predicted molar refractivity (Wildman–Crippen MR) is 129 cm³/mol. The summed E-state index contributed by atoms with van der Waals surface area (Å²) in [7, 11) is 1.67. The van der Waals surface area contributed by atoms with E-state index in [4.69, 9.17) is 19.2 Å². The van der Waals surface area contributed by atoms with Crippen molar-refractivity contribution in [2.45, 2.75) is 41.0 Å². The monoisotopic (exact) mass is 436 g/mol. The molecule has 4 rings (SSSR count). The minimum absolute atomic E-state index is 0.504. The van der Waals surface area contributed by atoms with Crippen LogP contribution in [0.2, 0.25) is 0 Å².